The predicted octanol–water partition coefficient (Wildman–Crippen LogP) is 3.68. The second-order valence-corrected chi connectivity index (χ2v) is 6.42. The van der Waals surface area contributed by atoms with Crippen molar-refractivity contribution < 1.29 is 24.9 Å². The monoisotopic (exact) mass is 393 g/mol. The second-order valence-electron chi connectivity index (χ2n) is 6.01. The van der Waals surface area contributed by atoms with Crippen molar-refractivity contribution in [3.8, 4) is 11.5 Å². The minimum Gasteiger partial charge on any atom is -0.497 e. The van der Waals surface area contributed by atoms with E-state index in [1.165, 1.54) is 11.0 Å². The summed E-state index contributed by atoms with van der Waals surface area (Å²) in [6.45, 7) is 1.43. The molecule has 1 N–H and O–H groups in total. The van der Waals surface area contributed by atoms with E-state index in [2.05, 4.69) is 0 Å². The highest BCUT2D eigenvalue weighted by Crippen LogP contribution is 2.32. The summed E-state index contributed by atoms with van der Waals surface area (Å²) in [5.74, 6) is 0.0272. The molecule has 1 saturated heterocycles. The SMILES string of the molecule is [2H]N1C(=O)CN(C(C)c2cc(F)cc(Cl)c2COc2ccc(OC)cc2)C1=O. The first-order valence-electron chi connectivity index (χ1n) is 8.63. The van der Waals surface area contributed by atoms with E-state index >= 15 is 0 Å². The van der Waals surface area contributed by atoms with E-state index in [9.17, 15) is 14.0 Å². The van der Waals surface area contributed by atoms with Crippen LogP contribution >= 0.6 is 11.6 Å². The van der Waals surface area contributed by atoms with Gasteiger partial charge in [-0.2, -0.15) is 0 Å². The molecule has 142 valence electrons. The maximum atomic E-state index is 14.0. The fourth-order valence-electron chi connectivity index (χ4n) is 2.87. The molecule has 3 amide bonds. The molecule has 1 aliphatic heterocycles. The van der Waals surface area contributed by atoms with Crippen LogP contribution in [0.2, 0.25) is 6.43 Å². The molecule has 1 fully saturated rings. The van der Waals surface area contributed by atoms with Crippen molar-refractivity contribution in [3.63, 3.8) is 0 Å². The van der Waals surface area contributed by atoms with E-state index in [4.69, 9.17) is 22.5 Å². The van der Waals surface area contributed by atoms with Crippen LogP contribution in [0.5, 0.6) is 11.5 Å². The fourth-order valence-corrected chi connectivity index (χ4v) is 3.13. The van der Waals surface area contributed by atoms with E-state index in [-0.39, 0.29) is 18.2 Å². The maximum Gasteiger partial charge on any atom is 0.325 e. The Balaban J connectivity index is 1.86. The minimum absolute atomic E-state index is 0.0334. The standard InChI is InChI=1S/C19H18ClFN2O4/c1-11(23-9-18(24)22-19(23)25)15-7-12(21)8-17(20)16(15)10-27-14-5-3-13(26-2)4-6-14/h3-8,11H,9-10H2,1-2H3,(H,22,24,25)/i/hD. The van der Waals surface area contributed by atoms with Crippen molar-refractivity contribution in [2.24, 2.45) is 0 Å². The summed E-state index contributed by atoms with van der Waals surface area (Å²) >= 11 is 6.24. The molecule has 27 heavy (non-hydrogen) atoms. The van der Waals surface area contributed by atoms with Gasteiger partial charge in [0, 0.05) is 5.56 Å². The Bertz CT molecular complexity index is 910. The number of nitrogens with one attached hydrogen (secondary N) is 1. The normalized spacial score (nSPS) is 15.8. The summed E-state index contributed by atoms with van der Waals surface area (Å²) in [5, 5.41) is 0.446. The van der Waals surface area contributed by atoms with Crippen molar-refractivity contribution in [1.29, 1.82) is 0 Å². The molecule has 6 nitrogen and oxygen atoms in total. The molecule has 1 atom stereocenters. The molecule has 0 aliphatic carbocycles. The van der Waals surface area contributed by atoms with Crippen LogP contribution in [0.15, 0.2) is 36.4 Å². The number of nitrogens with zero attached hydrogens (tertiary/aromatic N) is 1. The third kappa shape index (κ3) is 4.14. The first kappa shape index (κ1) is 17.6. The third-order valence-electron chi connectivity index (χ3n) is 4.33. The lowest BCUT2D eigenvalue weighted by atomic mass is 10.0. The molecule has 8 heteroatoms. The summed E-state index contributed by atoms with van der Waals surface area (Å²) in [6, 6.07) is 7.91. The Kier molecular flexibility index (Phi) is 5.11. The molecule has 2 aromatic carbocycles. The van der Waals surface area contributed by atoms with Gasteiger partial charge >= 0.3 is 6.03 Å². The van der Waals surface area contributed by atoms with Gasteiger partial charge in [-0.3, -0.25) is 10.1 Å². The van der Waals surface area contributed by atoms with Crippen LogP contribution in [0.1, 0.15) is 24.1 Å². The van der Waals surface area contributed by atoms with Gasteiger partial charge in [0.1, 0.15) is 30.5 Å². The Labute approximate surface area is 162 Å². The zero-order valence-electron chi connectivity index (χ0n) is 15.7. The molecule has 0 radical (unpaired) electrons. The molecule has 1 heterocycles. The summed E-state index contributed by atoms with van der Waals surface area (Å²) < 4.78 is 32.3. The summed E-state index contributed by atoms with van der Waals surface area (Å²) in [5.41, 5.74) is 0.907. The summed E-state index contributed by atoms with van der Waals surface area (Å²) in [6.07, 6.45) is 0. The van der Waals surface area contributed by atoms with Crippen LogP contribution in [-0.2, 0) is 11.4 Å². The van der Waals surface area contributed by atoms with Gasteiger partial charge in [0.15, 0.2) is 1.41 Å². The quantitative estimate of drug-likeness (QED) is 0.760. The fraction of sp³-hybridized carbons (Fsp3) is 0.263. The van der Waals surface area contributed by atoms with Gasteiger partial charge in [0.2, 0.25) is 5.91 Å². The number of amides is 3. The number of hydrogen-bond acceptors (Lipinski definition) is 4. The number of rotatable bonds is 6. The van der Waals surface area contributed by atoms with Gasteiger partial charge in [-0.25, -0.2) is 9.18 Å². The Hall–Kier alpha value is -2.80. The molecule has 2 aromatic rings. The summed E-state index contributed by atoms with van der Waals surface area (Å²) in [4.78, 5) is 25.0. The van der Waals surface area contributed by atoms with Crippen LogP contribution in [0.4, 0.5) is 9.18 Å². The van der Waals surface area contributed by atoms with Gasteiger partial charge in [-0.05, 0) is 48.9 Å². The number of methoxy groups -OCH3 is 1. The first-order chi connectivity index (χ1) is 13.3. The topological polar surface area (TPSA) is 67.9 Å². The van der Waals surface area contributed by atoms with Crippen LogP contribution in [0.3, 0.4) is 0 Å². The van der Waals surface area contributed by atoms with Gasteiger partial charge in [0.25, 0.3) is 0 Å². The minimum atomic E-state index is -0.764. The van der Waals surface area contributed by atoms with Crippen molar-refractivity contribution >= 4 is 23.5 Å². The number of halogens is 2. The van der Waals surface area contributed by atoms with Crippen molar-refractivity contribution in [2.45, 2.75) is 19.6 Å². The number of benzene rings is 2. The Morgan fingerprint density at radius 1 is 1.30 bits per heavy atom. The number of ether oxygens (including phenoxy) is 2. The van der Waals surface area contributed by atoms with Gasteiger partial charge < -0.3 is 14.4 Å². The van der Waals surface area contributed by atoms with Gasteiger partial charge in [0.05, 0.1) is 18.2 Å². The lowest BCUT2D eigenvalue weighted by molar-refractivity contribution is -0.118. The summed E-state index contributed by atoms with van der Waals surface area (Å²) in [7, 11) is 1.56. The maximum absolute atomic E-state index is 14.0. The number of imide groups is 1. The van der Waals surface area contributed by atoms with Crippen molar-refractivity contribution in [1.82, 2.24) is 10.2 Å². The number of carbonyl (C=O) groups excluding carboxylic acids is 2. The Morgan fingerprint density at radius 3 is 2.56 bits per heavy atom. The highest BCUT2D eigenvalue weighted by Gasteiger charge is 2.32. The molecule has 3 rings (SSSR count). The van der Waals surface area contributed by atoms with Crippen molar-refractivity contribution in [2.75, 3.05) is 13.7 Å². The number of carbonyl (C=O) groups is 2. The van der Waals surface area contributed by atoms with Crippen LogP contribution in [-0.4, -0.2) is 30.5 Å². The molecule has 0 saturated carbocycles. The van der Waals surface area contributed by atoms with E-state index in [0.29, 0.717) is 27.9 Å². The average molecular weight is 394 g/mol. The number of urea groups is 1. The Morgan fingerprint density at radius 2 is 1.96 bits per heavy atom. The average Bonchev–Trinajstić information content (AvgIpc) is 2.94. The van der Waals surface area contributed by atoms with Gasteiger partial charge in [-0.15, -0.1) is 0 Å². The highest BCUT2D eigenvalue weighted by atomic mass is 35.5. The number of hydrogen-bond donors (Lipinski definition) is 1. The lowest BCUT2D eigenvalue weighted by Gasteiger charge is -2.25. The zero-order chi connectivity index (χ0) is 20.4. The van der Waals surface area contributed by atoms with Crippen LogP contribution in [0.25, 0.3) is 0 Å². The zero-order valence-corrected chi connectivity index (χ0v) is 15.5. The molecular formula is C19H18ClFN2O4. The van der Waals surface area contributed by atoms with Crippen molar-refractivity contribution in [3.05, 3.63) is 58.4 Å². The van der Waals surface area contributed by atoms with Crippen LogP contribution in [0, 0.1) is 5.82 Å². The van der Waals surface area contributed by atoms with E-state index < -0.39 is 23.8 Å². The van der Waals surface area contributed by atoms with Crippen LogP contribution < -0.4 is 14.8 Å². The third-order valence-corrected chi connectivity index (χ3v) is 4.66. The van der Waals surface area contributed by atoms with E-state index in [1.807, 2.05) is 0 Å². The predicted molar refractivity (Wildman–Crippen MR) is 97.4 cm³/mol. The molecule has 0 spiro atoms. The van der Waals surface area contributed by atoms with E-state index in [0.717, 1.165) is 6.07 Å². The molecule has 1 aliphatic rings. The first-order valence-corrected chi connectivity index (χ1v) is 8.56. The smallest absolute Gasteiger partial charge is 0.325 e. The highest BCUT2D eigenvalue weighted by molar-refractivity contribution is 6.31. The largest absolute Gasteiger partial charge is 0.497 e. The molecule has 0 aromatic heterocycles. The van der Waals surface area contributed by atoms with Gasteiger partial charge in [-0.1, -0.05) is 11.6 Å². The molecular weight excluding hydrogens is 375 g/mol. The molecule has 0 bridgehead atoms. The lowest BCUT2D eigenvalue weighted by Crippen LogP contribution is -2.31. The molecule has 1 unspecified atom stereocenters. The second kappa shape index (κ2) is 7.84. The van der Waals surface area contributed by atoms with E-state index in [1.54, 1.807) is 38.3 Å².